The largest absolute Gasteiger partial charge is 0.435 e. The lowest BCUT2D eigenvalue weighted by molar-refractivity contribution is -0.141. The van der Waals surface area contributed by atoms with Crippen LogP contribution in [-0.2, 0) is 30.6 Å². The van der Waals surface area contributed by atoms with Crippen molar-refractivity contribution in [3.05, 3.63) is 83.7 Å². The molecule has 0 spiro atoms. The van der Waals surface area contributed by atoms with Crippen LogP contribution in [0.25, 0.3) is 0 Å². The Morgan fingerprint density at radius 1 is 0.838 bits per heavy atom. The molecule has 1 aliphatic rings. The number of hydrogen-bond acceptors (Lipinski definition) is 3. The Balaban J connectivity index is 1.52. The zero-order valence-corrected chi connectivity index (χ0v) is 21.2. The number of carbonyl (C=O) groups excluding carboxylic acids is 1. The van der Waals surface area contributed by atoms with Crippen LogP contribution < -0.4 is 4.90 Å². The van der Waals surface area contributed by atoms with Crippen LogP contribution in [0.5, 0.6) is 0 Å². The molecule has 0 radical (unpaired) electrons. The van der Waals surface area contributed by atoms with Crippen LogP contribution in [0.1, 0.15) is 61.8 Å². The van der Waals surface area contributed by atoms with Gasteiger partial charge in [-0.2, -0.15) is 18.3 Å². The van der Waals surface area contributed by atoms with Crippen LogP contribution in [0.15, 0.2) is 66.9 Å². The Labute approximate surface area is 216 Å². The summed E-state index contributed by atoms with van der Waals surface area (Å²) in [4.78, 5) is 17.6. The lowest BCUT2D eigenvalue weighted by Gasteiger charge is -2.30. The maximum Gasteiger partial charge on any atom is 0.435 e. The molecule has 8 heteroatoms. The Bertz CT molecular complexity index is 1130. The average molecular weight is 513 g/mol. The molecule has 4 rings (SSSR count). The number of rotatable bonds is 5. The van der Waals surface area contributed by atoms with E-state index in [9.17, 15) is 18.0 Å². The van der Waals surface area contributed by atoms with Crippen molar-refractivity contribution in [2.75, 3.05) is 18.0 Å². The van der Waals surface area contributed by atoms with E-state index in [1.807, 2.05) is 23.1 Å². The molecule has 1 amide bonds. The highest BCUT2D eigenvalue weighted by atomic mass is 19.4. The van der Waals surface area contributed by atoms with Gasteiger partial charge in [0.15, 0.2) is 5.69 Å². The Hall–Kier alpha value is -3.29. The van der Waals surface area contributed by atoms with Crippen LogP contribution in [0.4, 0.5) is 18.9 Å². The first-order chi connectivity index (χ1) is 17.9. The molecule has 0 atom stereocenters. The number of fused-ring (bicyclic) bond motifs is 1. The lowest BCUT2D eigenvalue weighted by atomic mass is 10.1. The van der Waals surface area contributed by atoms with Gasteiger partial charge in [-0.1, -0.05) is 74.2 Å². The van der Waals surface area contributed by atoms with Gasteiger partial charge in [0.2, 0.25) is 5.91 Å². The van der Waals surface area contributed by atoms with Gasteiger partial charge in [-0.25, -0.2) is 0 Å². The Morgan fingerprint density at radius 3 is 2.24 bits per heavy atom. The fourth-order valence-corrected chi connectivity index (χ4v) is 4.86. The highest BCUT2D eigenvalue weighted by Gasteiger charge is 2.33. The van der Waals surface area contributed by atoms with E-state index >= 15 is 0 Å². The summed E-state index contributed by atoms with van der Waals surface area (Å²) in [6.45, 7) is 2.98. The van der Waals surface area contributed by atoms with Crippen molar-refractivity contribution >= 4 is 11.6 Å². The van der Waals surface area contributed by atoms with E-state index in [4.69, 9.17) is 0 Å². The summed E-state index contributed by atoms with van der Waals surface area (Å²) in [5, 5.41) is 3.59. The van der Waals surface area contributed by atoms with Gasteiger partial charge in [-0.15, -0.1) is 0 Å². The van der Waals surface area contributed by atoms with E-state index < -0.39 is 11.9 Å². The summed E-state index contributed by atoms with van der Waals surface area (Å²) in [7, 11) is 0. The highest BCUT2D eigenvalue weighted by Crippen LogP contribution is 2.28. The molecule has 2 heterocycles. The minimum atomic E-state index is -4.49. The summed E-state index contributed by atoms with van der Waals surface area (Å²) in [5.74, 6) is -0.0663. The summed E-state index contributed by atoms with van der Waals surface area (Å²) in [5.41, 5.74) is 2.52. The van der Waals surface area contributed by atoms with Crippen molar-refractivity contribution in [3.63, 3.8) is 0 Å². The first kappa shape index (κ1) is 26.8. The molecule has 0 saturated carbocycles. The second-order valence-electron chi connectivity index (χ2n) is 9.68. The summed E-state index contributed by atoms with van der Waals surface area (Å²) >= 11 is 0. The van der Waals surface area contributed by atoms with Gasteiger partial charge in [-0.3, -0.25) is 9.48 Å². The van der Waals surface area contributed by atoms with E-state index in [1.54, 1.807) is 0 Å². The second kappa shape index (κ2) is 12.8. The van der Waals surface area contributed by atoms with Gasteiger partial charge >= 0.3 is 6.18 Å². The number of benzene rings is 2. The second-order valence-corrected chi connectivity index (χ2v) is 9.68. The van der Waals surface area contributed by atoms with E-state index in [1.165, 1.54) is 29.3 Å². The van der Waals surface area contributed by atoms with Crippen molar-refractivity contribution in [3.8, 4) is 0 Å². The molecule has 0 bridgehead atoms. The number of para-hydroxylation sites is 1. The van der Waals surface area contributed by atoms with E-state index in [0.29, 0.717) is 13.1 Å². The molecule has 198 valence electrons. The Morgan fingerprint density at radius 2 is 1.51 bits per heavy atom. The van der Waals surface area contributed by atoms with Crippen molar-refractivity contribution in [2.45, 2.75) is 70.8 Å². The van der Waals surface area contributed by atoms with Gasteiger partial charge in [0.05, 0.1) is 0 Å². The van der Waals surface area contributed by atoms with Gasteiger partial charge in [0, 0.05) is 51.0 Å². The van der Waals surface area contributed by atoms with Crippen LogP contribution in [0, 0.1) is 0 Å². The number of carbonyl (C=O) groups is 1. The predicted molar refractivity (Wildman–Crippen MR) is 139 cm³/mol. The van der Waals surface area contributed by atoms with Crippen molar-refractivity contribution in [1.29, 1.82) is 0 Å². The van der Waals surface area contributed by atoms with Crippen LogP contribution in [-0.4, -0.2) is 33.7 Å². The molecule has 37 heavy (non-hydrogen) atoms. The maximum atomic E-state index is 13.3. The molecule has 3 aromatic rings. The number of anilines is 1. The van der Waals surface area contributed by atoms with E-state index in [0.717, 1.165) is 56.1 Å². The molecular formula is C29H35F3N4O. The van der Waals surface area contributed by atoms with Crippen LogP contribution in [0.2, 0.25) is 0 Å². The van der Waals surface area contributed by atoms with E-state index in [-0.39, 0.29) is 18.9 Å². The van der Waals surface area contributed by atoms with Gasteiger partial charge in [0.1, 0.15) is 0 Å². The molecule has 2 aromatic carbocycles. The van der Waals surface area contributed by atoms with Crippen LogP contribution in [0.3, 0.4) is 0 Å². The minimum Gasteiger partial charge on any atom is -0.367 e. The Kier molecular flexibility index (Phi) is 9.25. The van der Waals surface area contributed by atoms with Crippen LogP contribution >= 0.6 is 0 Å². The molecule has 0 aliphatic carbocycles. The molecule has 0 saturated heterocycles. The highest BCUT2D eigenvalue weighted by molar-refractivity contribution is 5.76. The van der Waals surface area contributed by atoms with Crippen molar-refractivity contribution in [1.82, 2.24) is 14.7 Å². The number of alkyl halides is 3. The monoisotopic (exact) mass is 512 g/mol. The van der Waals surface area contributed by atoms with Crippen molar-refractivity contribution < 1.29 is 18.0 Å². The fourth-order valence-electron chi connectivity index (χ4n) is 4.86. The standard InChI is InChI=1S/C29H35F3N4O/c30-29(31,32)27-16-20-36(33-27)21-17-28(37)35-19-11-4-2-1-3-10-18-34(22-24-12-6-5-7-13-24)26-15-9-8-14-25(26)23-35/h5-9,12-16,20H,1-4,10-11,17-19,21-23H2. The summed E-state index contributed by atoms with van der Waals surface area (Å²) in [6.07, 6.45) is 3.50. The summed E-state index contributed by atoms with van der Waals surface area (Å²) < 4.78 is 39.9. The molecule has 0 fully saturated rings. The third-order valence-corrected chi connectivity index (χ3v) is 6.85. The smallest absolute Gasteiger partial charge is 0.367 e. The third kappa shape index (κ3) is 7.84. The minimum absolute atomic E-state index is 0.0663. The van der Waals surface area contributed by atoms with Crippen molar-refractivity contribution in [2.24, 2.45) is 0 Å². The number of halogens is 3. The average Bonchev–Trinajstić information content (AvgIpc) is 3.38. The number of nitrogens with zero attached hydrogens (tertiary/aromatic N) is 4. The molecule has 0 unspecified atom stereocenters. The topological polar surface area (TPSA) is 41.4 Å². The van der Waals surface area contributed by atoms with Gasteiger partial charge < -0.3 is 9.80 Å². The number of amides is 1. The van der Waals surface area contributed by atoms with Gasteiger partial charge in [0.25, 0.3) is 0 Å². The van der Waals surface area contributed by atoms with Gasteiger partial charge in [-0.05, 0) is 36.1 Å². The molecule has 1 aliphatic heterocycles. The quantitative estimate of drug-likeness (QED) is 0.383. The summed E-state index contributed by atoms with van der Waals surface area (Å²) in [6, 6.07) is 19.6. The SMILES string of the molecule is O=C(CCn1ccc(C(F)(F)F)n1)N1CCCCCCCCN(Cc2ccccc2)c2ccccc2C1. The molecule has 1 aromatic heterocycles. The maximum absolute atomic E-state index is 13.3. The molecule has 0 N–H and O–H groups in total. The lowest BCUT2D eigenvalue weighted by Crippen LogP contribution is -2.33. The fraction of sp³-hybridized carbons (Fsp3) is 0.448. The molecular weight excluding hydrogens is 477 g/mol. The first-order valence-electron chi connectivity index (χ1n) is 13.2. The first-order valence-corrected chi connectivity index (χ1v) is 13.2. The number of hydrogen-bond donors (Lipinski definition) is 0. The zero-order valence-electron chi connectivity index (χ0n) is 21.2. The molecule has 5 nitrogen and oxygen atoms in total. The number of aryl methyl sites for hydroxylation is 1. The number of aromatic nitrogens is 2. The van der Waals surface area contributed by atoms with E-state index in [2.05, 4.69) is 46.4 Å². The normalized spacial score (nSPS) is 15.9. The zero-order chi connectivity index (χ0) is 26.1. The third-order valence-electron chi connectivity index (χ3n) is 6.85. The predicted octanol–water partition coefficient (Wildman–Crippen LogP) is 6.68.